The number of aromatic nitrogens is 4. The smallest absolute Gasteiger partial charge is 0.169 e. The number of nitrogens with two attached hydrogens (primary N) is 2. The van der Waals surface area contributed by atoms with Gasteiger partial charge in [-0.15, -0.1) is 0 Å². The highest BCUT2D eigenvalue weighted by atomic mass is 16.8. The molecule has 4 atom stereocenters. The lowest BCUT2D eigenvalue weighted by molar-refractivity contribution is -0.205. The van der Waals surface area contributed by atoms with Crippen LogP contribution in [0, 0.1) is 5.92 Å². The summed E-state index contributed by atoms with van der Waals surface area (Å²) in [4.78, 5) is 15.7. The molecule has 1 spiro atoms. The van der Waals surface area contributed by atoms with Crippen molar-refractivity contribution in [2.24, 2.45) is 11.7 Å². The minimum atomic E-state index is -0.422. The zero-order valence-electron chi connectivity index (χ0n) is 19.3. The lowest BCUT2D eigenvalue weighted by Crippen LogP contribution is -2.41. The van der Waals surface area contributed by atoms with Crippen LogP contribution in [0.1, 0.15) is 64.8 Å². The number of ether oxygens (including phenoxy) is 2. The van der Waals surface area contributed by atoms with Crippen LogP contribution in [0.2, 0.25) is 0 Å². The highest BCUT2D eigenvalue weighted by Crippen LogP contribution is 2.51. The lowest BCUT2D eigenvalue weighted by Gasteiger charge is -2.35. The second-order valence-corrected chi connectivity index (χ2v) is 10.0. The minimum absolute atomic E-state index is 0.00443. The van der Waals surface area contributed by atoms with Gasteiger partial charge in [0.2, 0.25) is 0 Å². The van der Waals surface area contributed by atoms with E-state index >= 15 is 0 Å². The van der Waals surface area contributed by atoms with Gasteiger partial charge in [-0.1, -0.05) is 6.42 Å². The van der Waals surface area contributed by atoms with E-state index in [9.17, 15) is 0 Å². The molecule has 0 unspecified atom stereocenters. The Kier molecular flexibility index (Phi) is 6.09. The van der Waals surface area contributed by atoms with Gasteiger partial charge in [-0.05, 0) is 52.6 Å². The Labute approximate surface area is 189 Å². The minimum Gasteiger partial charge on any atom is -0.382 e. The summed E-state index contributed by atoms with van der Waals surface area (Å²) in [6, 6.07) is 0.584. The van der Waals surface area contributed by atoms with E-state index in [-0.39, 0.29) is 18.2 Å². The Morgan fingerprint density at radius 2 is 1.94 bits per heavy atom. The fraction of sp³-hybridized carbons (Fsp3) is 0.783. The molecule has 3 heterocycles. The fourth-order valence-corrected chi connectivity index (χ4v) is 5.94. The van der Waals surface area contributed by atoms with Gasteiger partial charge in [0.1, 0.15) is 17.9 Å². The first-order chi connectivity index (χ1) is 15.5. The molecule has 2 aliphatic carbocycles. The van der Waals surface area contributed by atoms with Gasteiger partial charge in [0.15, 0.2) is 17.3 Å². The number of fused-ring (bicyclic) bond motifs is 2. The normalized spacial score (nSPS) is 29.5. The second-order valence-electron chi connectivity index (χ2n) is 10.0. The van der Waals surface area contributed by atoms with Crippen molar-refractivity contribution in [2.45, 2.75) is 88.9 Å². The largest absolute Gasteiger partial charge is 0.382 e. The van der Waals surface area contributed by atoms with E-state index in [0.29, 0.717) is 29.8 Å². The maximum absolute atomic E-state index is 6.81. The average molecular weight is 444 g/mol. The van der Waals surface area contributed by atoms with Gasteiger partial charge in [-0.3, -0.25) is 0 Å². The Bertz CT molecular complexity index is 926. The number of nitrogen functional groups attached to an aromatic ring is 1. The number of hydrogen-bond donors (Lipinski definition) is 2. The van der Waals surface area contributed by atoms with E-state index in [4.69, 9.17) is 20.9 Å². The molecule has 1 aliphatic heterocycles. The zero-order valence-corrected chi connectivity index (χ0v) is 19.3. The molecule has 0 bridgehead atoms. The van der Waals surface area contributed by atoms with Crippen LogP contribution in [-0.4, -0.2) is 68.1 Å². The van der Waals surface area contributed by atoms with Crippen LogP contribution in [0.3, 0.4) is 0 Å². The highest BCUT2D eigenvalue weighted by molar-refractivity contribution is 5.81. The van der Waals surface area contributed by atoms with Crippen molar-refractivity contribution in [1.82, 2.24) is 24.4 Å². The molecular weight excluding hydrogens is 406 g/mol. The summed E-state index contributed by atoms with van der Waals surface area (Å²) < 4.78 is 15.8. The summed E-state index contributed by atoms with van der Waals surface area (Å²) in [6.45, 7) is 7.23. The van der Waals surface area contributed by atoms with E-state index in [0.717, 1.165) is 44.4 Å². The molecule has 3 aliphatic rings. The third-order valence-corrected chi connectivity index (χ3v) is 7.62. The molecule has 1 saturated heterocycles. The summed E-state index contributed by atoms with van der Waals surface area (Å²) in [5.41, 5.74) is 13.3. The number of imidazole rings is 1. The molecule has 4 N–H and O–H groups in total. The maximum Gasteiger partial charge on any atom is 0.169 e. The average Bonchev–Trinajstić information content (AvgIpc) is 3.45. The van der Waals surface area contributed by atoms with Crippen LogP contribution in [0.5, 0.6) is 0 Å². The number of rotatable bonds is 7. The molecule has 3 fully saturated rings. The number of anilines is 1. The molecule has 5 rings (SSSR count). The Balaban J connectivity index is 1.45. The van der Waals surface area contributed by atoms with Crippen LogP contribution in [-0.2, 0) is 9.47 Å². The van der Waals surface area contributed by atoms with Crippen LogP contribution in [0.15, 0.2) is 12.7 Å². The lowest BCUT2D eigenvalue weighted by atomic mass is 9.94. The van der Waals surface area contributed by atoms with E-state index in [2.05, 4.69) is 38.3 Å². The molecule has 0 aromatic carbocycles. The van der Waals surface area contributed by atoms with Crippen molar-refractivity contribution < 1.29 is 9.47 Å². The van der Waals surface area contributed by atoms with Crippen molar-refractivity contribution in [1.29, 1.82) is 0 Å². The van der Waals surface area contributed by atoms with Crippen LogP contribution in [0.25, 0.3) is 11.2 Å². The molecular formula is C23H37N7O2. The summed E-state index contributed by atoms with van der Waals surface area (Å²) >= 11 is 0. The molecule has 32 heavy (non-hydrogen) atoms. The third-order valence-electron chi connectivity index (χ3n) is 7.62. The summed E-state index contributed by atoms with van der Waals surface area (Å²) in [5.74, 6) is 0.373. The van der Waals surface area contributed by atoms with Gasteiger partial charge in [-0.25, -0.2) is 15.0 Å². The quantitative estimate of drug-likeness (QED) is 0.670. The standard InChI is InChI=1S/C23H37N7O2/c1-15(2)29(10-6-9-24)12-16-11-17(30-14-28-18-21(25)26-13-27-22(18)30)20-19(16)31-23(32-20)7-4-3-5-8-23/h13-17,19-20H,3-12,24H2,1-2H3,(H2,25,26,27)/t16-,17-,19-,20+/m1/s1. The van der Waals surface area contributed by atoms with Crippen LogP contribution >= 0.6 is 0 Å². The maximum atomic E-state index is 6.81. The second kappa shape index (κ2) is 8.85. The first-order valence-corrected chi connectivity index (χ1v) is 12.2. The van der Waals surface area contributed by atoms with Gasteiger partial charge >= 0.3 is 0 Å². The number of nitrogens with zero attached hydrogens (tertiary/aromatic N) is 5. The van der Waals surface area contributed by atoms with Crippen LogP contribution in [0.4, 0.5) is 5.82 Å². The molecule has 176 valence electrons. The Hall–Kier alpha value is -1.81. The topological polar surface area (TPSA) is 117 Å². The van der Waals surface area contributed by atoms with E-state index in [1.165, 1.54) is 25.6 Å². The van der Waals surface area contributed by atoms with Gasteiger partial charge < -0.3 is 30.4 Å². The summed E-state index contributed by atoms with van der Waals surface area (Å²) in [5, 5.41) is 0. The molecule has 9 nitrogen and oxygen atoms in total. The van der Waals surface area contributed by atoms with Crippen molar-refractivity contribution in [3.8, 4) is 0 Å². The molecule has 0 amide bonds. The molecule has 2 aromatic rings. The van der Waals surface area contributed by atoms with E-state index in [1.54, 1.807) is 0 Å². The van der Waals surface area contributed by atoms with Crippen molar-refractivity contribution in [3.63, 3.8) is 0 Å². The third kappa shape index (κ3) is 3.89. The van der Waals surface area contributed by atoms with Crippen molar-refractivity contribution >= 4 is 17.0 Å². The number of hydrogen-bond acceptors (Lipinski definition) is 8. The summed E-state index contributed by atoms with van der Waals surface area (Å²) in [6.07, 6.45) is 11.0. The fourth-order valence-electron chi connectivity index (χ4n) is 5.94. The Morgan fingerprint density at radius 3 is 2.69 bits per heavy atom. The monoisotopic (exact) mass is 443 g/mol. The highest BCUT2D eigenvalue weighted by Gasteiger charge is 2.58. The van der Waals surface area contributed by atoms with Gasteiger partial charge in [0, 0.05) is 31.3 Å². The summed E-state index contributed by atoms with van der Waals surface area (Å²) in [7, 11) is 0. The predicted octanol–water partition coefficient (Wildman–Crippen LogP) is 2.47. The van der Waals surface area contributed by atoms with E-state index in [1.807, 2.05) is 6.33 Å². The molecule has 9 heteroatoms. The Morgan fingerprint density at radius 1 is 1.16 bits per heavy atom. The first-order valence-electron chi connectivity index (χ1n) is 12.2. The zero-order chi connectivity index (χ0) is 22.3. The van der Waals surface area contributed by atoms with Gasteiger partial charge in [-0.2, -0.15) is 0 Å². The SMILES string of the molecule is CC(C)N(CCCN)C[C@H]1C[C@@H](n2cnc3c(N)ncnc32)[C@@H]2OC3(CCCCC3)O[C@H]12. The van der Waals surface area contributed by atoms with E-state index < -0.39 is 5.79 Å². The first kappa shape index (κ1) is 22.0. The molecule has 2 saturated carbocycles. The van der Waals surface area contributed by atoms with Crippen molar-refractivity contribution in [3.05, 3.63) is 12.7 Å². The predicted molar refractivity (Wildman–Crippen MR) is 123 cm³/mol. The molecule has 0 radical (unpaired) electrons. The van der Waals surface area contributed by atoms with Gasteiger partial charge in [0.25, 0.3) is 0 Å². The van der Waals surface area contributed by atoms with Crippen LogP contribution < -0.4 is 11.5 Å². The van der Waals surface area contributed by atoms with Gasteiger partial charge in [0.05, 0.1) is 18.5 Å². The van der Waals surface area contributed by atoms with Crippen molar-refractivity contribution in [2.75, 3.05) is 25.4 Å². The molecule has 2 aromatic heterocycles.